The van der Waals surface area contributed by atoms with E-state index in [0.717, 1.165) is 24.6 Å². The second-order valence-electron chi connectivity index (χ2n) is 4.43. The topological polar surface area (TPSA) is 21.3 Å². The summed E-state index contributed by atoms with van der Waals surface area (Å²) in [5, 5.41) is 3.34. The minimum atomic E-state index is 0.880. The molecule has 0 aliphatic heterocycles. The molecule has 0 fully saturated rings. The van der Waals surface area contributed by atoms with Crippen LogP contribution < -0.4 is 10.1 Å². The van der Waals surface area contributed by atoms with Crippen LogP contribution in [0.5, 0.6) is 11.5 Å². The van der Waals surface area contributed by atoms with E-state index in [9.17, 15) is 0 Å². The summed E-state index contributed by atoms with van der Waals surface area (Å²) in [6, 6.07) is 14.3. The molecule has 2 nitrogen and oxygen atoms in total. The minimum absolute atomic E-state index is 0.880. The predicted molar refractivity (Wildman–Crippen MR) is 87.8 cm³/mol. The van der Waals surface area contributed by atoms with E-state index in [4.69, 9.17) is 4.74 Å². The molecule has 2 aromatic carbocycles. The Kier molecular flexibility index (Phi) is 5.22. The van der Waals surface area contributed by atoms with Crippen molar-refractivity contribution >= 4 is 22.6 Å². The van der Waals surface area contributed by atoms with Gasteiger partial charge in [0, 0.05) is 10.1 Å². The first-order chi connectivity index (χ1) is 9.19. The summed E-state index contributed by atoms with van der Waals surface area (Å²) in [7, 11) is 0. The van der Waals surface area contributed by atoms with Crippen LogP contribution in [0.1, 0.15) is 18.1 Å². The molecule has 3 heteroatoms. The Hall–Kier alpha value is -1.07. The molecule has 0 unspecified atom stereocenters. The second-order valence-corrected chi connectivity index (χ2v) is 5.67. The first-order valence-corrected chi connectivity index (χ1v) is 7.50. The van der Waals surface area contributed by atoms with Crippen molar-refractivity contribution < 1.29 is 4.74 Å². The molecular weight excluding hydrogens is 349 g/mol. The van der Waals surface area contributed by atoms with E-state index in [1.54, 1.807) is 0 Å². The summed E-state index contributed by atoms with van der Waals surface area (Å²) < 4.78 is 7.05. The fourth-order valence-electron chi connectivity index (χ4n) is 1.86. The molecule has 0 spiro atoms. The lowest BCUT2D eigenvalue weighted by Gasteiger charge is -2.10. The first kappa shape index (κ1) is 14.3. The van der Waals surface area contributed by atoms with Crippen molar-refractivity contribution in [1.82, 2.24) is 5.32 Å². The fraction of sp³-hybridized carbons (Fsp3) is 0.250. The van der Waals surface area contributed by atoms with Crippen LogP contribution in [0.3, 0.4) is 0 Å². The van der Waals surface area contributed by atoms with Gasteiger partial charge in [-0.3, -0.25) is 0 Å². The highest BCUT2D eigenvalue weighted by Crippen LogP contribution is 2.25. The van der Waals surface area contributed by atoms with Crippen molar-refractivity contribution in [3.63, 3.8) is 0 Å². The van der Waals surface area contributed by atoms with Gasteiger partial charge in [0.05, 0.1) is 0 Å². The molecule has 1 N–H and O–H groups in total. The summed E-state index contributed by atoms with van der Waals surface area (Å²) >= 11 is 2.29. The zero-order valence-electron chi connectivity index (χ0n) is 11.2. The average molecular weight is 367 g/mol. The van der Waals surface area contributed by atoms with E-state index in [-0.39, 0.29) is 0 Å². The highest BCUT2D eigenvalue weighted by atomic mass is 127. The summed E-state index contributed by atoms with van der Waals surface area (Å²) in [5.74, 6) is 1.77. The molecule has 19 heavy (non-hydrogen) atoms. The summed E-state index contributed by atoms with van der Waals surface area (Å²) in [6.45, 7) is 6.13. The van der Waals surface area contributed by atoms with Crippen molar-refractivity contribution in [3.05, 3.63) is 57.2 Å². The number of hydrogen-bond acceptors (Lipinski definition) is 2. The number of nitrogens with one attached hydrogen (secondary N) is 1. The van der Waals surface area contributed by atoms with Crippen molar-refractivity contribution in [2.75, 3.05) is 6.54 Å². The van der Waals surface area contributed by atoms with Crippen LogP contribution in [0.25, 0.3) is 0 Å². The third-order valence-electron chi connectivity index (χ3n) is 2.91. The van der Waals surface area contributed by atoms with E-state index in [2.05, 4.69) is 60.0 Å². The number of ether oxygens (including phenoxy) is 1. The maximum absolute atomic E-state index is 5.87. The van der Waals surface area contributed by atoms with Crippen LogP contribution in [0, 0.1) is 10.5 Å². The zero-order chi connectivity index (χ0) is 13.7. The Morgan fingerprint density at radius 2 is 1.89 bits per heavy atom. The summed E-state index contributed by atoms with van der Waals surface area (Å²) in [5.41, 5.74) is 2.57. The largest absolute Gasteiger partial charge is 0.457 e. The third-order valence-corrected chi connectivity index (χ3v) is 3.58. The number of aryl methyl sites for hydroxylation is 1. The van der Waals surface area contributed by atoms with Crippen LogP contribution >= 0.6 is 22.6 Å². The third kappa shape index (κ3) is 4.21. The van der Waals surface area contributed by atoms with Gasteiger partial charge in [-0.1, -0.05) is 19.1 Å². The molecule has 0 atom stereocenters. The van der Waals surface area contributed by atoms with E-state index < -0.39 is 0 Å². The monoisotopic (exact) mass is 367 g/mol. The highest BCUT2D eigenvalue weighted by molar-refractivity contribution is 14.1. The standard InChI is InChI=1S/C16H18INO/c1-3-18-11-13-7-8-16(9-12(13)2)19-15-6-4-5-14(17)10-15/h4-10,18H,3,11H2,1-2H3. The van der Waals surface area contributed by atoms with Crippen LogP contribution in [0.15, 0.2) is 42.5 Å². The van der Waals surface area contributed by atoms with Gasteiger partial charge in [0.2, 0.25) is 0 Å². The van der Waals surface area contributed by atoms with Gasteiger partial charge in [0.25, 0.3) is 0 Å². The van der Waals surface area contributed by atoms with Gasteiger partial charge in [0.1, 0.15) is 11.5 Å². The number of hydrogen-bond donors (Lipinski definition) is 1. The van der Waals surface area contributed by atoms with Gasteiger partial charge in [-0.15, -0.1) is 0 Å². The molecule has 2 aromatic rings. The Labute approximate surface area is 128 Å². The quantitative estimate of drug-likeness (QED) is 0.786. The molecule has 0 saturated carbocycles. The number of halogens is 1. The van der Waals surface area contributed by atoms with Gasteiger partial charge < -0.3 is 10.1 Å². The molecule has 100 valence electrons. The van der Waals surface area contributed by atoms with E-state index >= 15 is 0 Å². The smallest absolute Gasteiger partial charge is 0.128 e. The van der Waals surface area contributed by atoms with Gasteiger partial charge >= 0.3 is 0 Å². The molecule has 0 aromatic heterocycles. The van der Waals surface area contributed by atoms with E-state index in [1.165, 1.54) is 14.7 Å². The van der Waals surface area contributed by atoms with Gasteiger partial charge in [0.15, 0.2) is 0 Å². The normalized spacial score (nSPS) is 10.5. The fourth-order valence-corrected chi connectivity index (χ4v) is 2.37. The maximum Gasteiger partial charge on any atom is 0.128 e. The number of rotatable bonds is 5. The Bertz CT molecular complexity index is 554. The van der Waals surface area contributed by atoms with Gasteiger partial charge in [-0.05, 0) is 77.5 Å². The zero-order valence-corrected chi connectivity index (χ0v) is 13.4. The molecule has 0 amide bonds. The molecule has 2 rings (SSSR count). The lowest BCUT2D eigenvalue weighted by atomic mass is 10.1. The Morgan fingerprint density at radius 3 is 2.58 bits per heavy atom. The van der Waals surface area contributed by atoms with Crippen LogP contribution in [-0.4, -0.2) is 6.54 Å². The maximum atomic E-state index is 5.87. The lowest BCUT2D eigenvalue weighted by molar-refractivity contribution is 0.481. The summed E-state index contributed by atoms with van der Waals surface area (Å²) in [6.07, 6.45) is 0. The van der Waals surface area contributed by atoms with Crippen LogP contribution in [0.2, 0.25) is 0 Å². The van der Waals surface area contributed by atoms with Gasteiger partial charge in [-0.25, -0.2) is 0 Å². The lowest BCUT2D eigenvalue weighted by Crippen LogP contribution is -2.12. The molecule has 0 aliphatic carbocycles. The highest BCUT2D eigenvalue weighted by Gasteiger charge is 2.02. The predicted octanol–water partition coefficient (Wildman–Crippen LogP) is 4.50. The number of benzene rings is 2. The van der Waals surface area contributed by atoms with E-state index in [1.807, 2.05) is 24.3 Å². The molecule has 0 aliphatic rings. The molecule has 0 radical (unpaired) electrons. The molecule has 0 heterocycles. The SMILES string of the molecule is CCNCc1ccc(Oc2cccc(I)c2)cc1C. The van der Waals surface area contributed by atoms with E-state index in [0.29, 0.717) is 0 Å². The van der Waals surface area contributed by atoms with Crippen LogP contribution in [-0.2, 0) is 6.54 Å². The Morgan fingerprint density at radius 1 is 1.11 bits per heavy atom. The van der Waals surface area contributed by atoms with Crippen molar-refractivity contribution in [2.24, 2.45) is 0 Å². The Balaban J connectivity index is 2.11. The van der Waals surface area contributed by atoms with Crippen molar-refractivity contribution in [1.29, 1.82) is 0 Å². The average Bonchev–Trinajstić information content (AvgIpc) is 2.38. The molecule has 0 saturated heterocycles. The first-order valence-electron chi connectivity index (χ1n) is 6.42. The second kappa shape index (κ2) is 6.91. The molecule has 0 bridgehead atoms. The van der Waals surface area contributed by atoms with Crippen molar-refractivity contribution in [2.45, 2.75) is 20.4 Å². The van der Waals surface area contributed by atoms with Gasteiger partial charge in [-0.2, -0.15) is 0 Å². The van der Waals surface area contributed by atoms with Crippen molar-refractivity contribution in [3.8, 4) is 11.5 Å². The summed E-state index contributed by atoms with van der Waals surface area (Å²) in [4.78, 5) is 0. The minimum Gasteiger partial charge on any atom is -0.457 e. The van der Waals surface area contributed by atoms with Crippen LogP contribution in [0.4, 0.5) is 0 Å². The molecular formula is C16H18INO.